The van der Waals surface area contributed by atoms with E-state index in [0.29, 0.717) is 5.91 Å². The first-order valence-electron chi connectivity index (χ1n) is 8.43. The Morgan fingerprint density at radius 1 is 1.27 bits per heavy atom. The fourth-order valence-corrected chi connectivity index (χ4v) is 3.66. The van der Waals surface area contributed by atoms with E-state index in [2.05, 4.69) is 49.3 Å². The van der Waals surface area contributed by atoms with E-state index < -0.39 is 0 Å². The zero-order valence-corrected chi connectivity index (χ0v) is 13.9. The molecule has 0 atom stereocenters. The Morgan fingerprint density at radius 2 is 1.95 bits per heavy atom. The molecule has 3 rings (SSSR count). The summed E-state index contributed by atoms with van der Waals surface area (Å²) in [5.41, 5.74) is 2.74. The third-order valence-corrected chi connectivity index (χ3v) is 5.27. The number of carbonyl (C=O) groups is 1. The summed E-state index contributed by atoms with van der Waals surface area (Å²) in [7, 11) is 1.97. The van der Waals surface area contributed by atoms with Gasteiger partial charge in [0.25, 0.3) is 0 Å². The summed E-state index contributed by atoms with van der Waals surface area (Å²) in [4.78, 5) is 17.9. The van der Waals surface area contributed by atoms with Gasteiger partial charge in [-0.3, -0.25) is 4.79 Å². The molecule has 0 aliphatic heterocycles. The number of aromatic amines is 1. The number of rotatable bonds is 6. The van der Waals surface area contributed by atoms with Gasteiger partial charge in [-0.1, -0.05) is 32.0 Å². The molecule has 1 aliphatic rings. The van der Waals surface area contributed by atoms with Crippen LogP contribution in [-0.2, 0) is 10.2 Å². The highest BCUT2D eigenvalue weighted by atomic mass is 16.2. The Bertz CT molecular complexity index is 665. The number of carbonyl (C=O) groups excluding carboxylic acids is 1. The van der Waals surface area contributed by atoms with Crippen LogP contribution in [0.25, 0.3) is 10.9 Å². The second-order valence-corrected chi connectivity index (χ2v) is 6.74. The van der Waals surface area contributed by atoms with E-state index in [4.69, 9.17) is 0 Å². The Kier molecular flexibility index (Phi) is 3.98. The largest absolute Gasteiger partial charge is 0.361 e. The number of para-hydroxylation sites is 1. The zero-order valence-electron chi connectivity index (χ0n) is 13.9. The molecule has 2 aromatic rings. The van der Waals surface area contributed by atoms with Crippen molar-refractivity contribution in [1.82, 2.24) is 9.88 Å². The number of likely N-dealkylation sites (N-methyl/N-ethyl adjacent to an activating group) is 1. The Labute approximate surface area is 132 Å². The van der Waals surface area contributed by atoms with Crippen LogP contribution in [0.3, 0.4) is 0 Å². The van der Waals surface area contributed by atoms with Gasteiger partial charge in [-0.15, -0.1) is 0 Å². The summed E-state index contributed by atoms with van der Waals surface area (Å²) in [6.45, 7) is 5.04. The van der Waals surface area contributed by atoms with E-state index in [9.17, 15) is 4.79 Å². The molecule has 22 heavy (non-hydrogen) atoms. The fraction of sp³-hybridized carbons (Fsp3) is 0.526. The van der Waals surface area contributed by atoms with Crippen LogP contribution < -0.4 is 0 Å². The lowest BCUT2D eigenvalue weighted by atomic mass is 9.94. The van der Waals surface area contributed by atoms with E-state index in [0.717, 1.165) is 19.4 Å². The molecule has 0 unspecified atom stereocenters. The topological polar surface area (TPSA) is 36.1 Å². The normalized spacial score (nSPS) is 16.2. The SMILES string of the molecule is CCC(CC)C(=O)N(C)CC1(c2c[nH]c3ccccc23)CC1. The lowest BCUT2D eigenvalue weighted by Gasteiger charge is -2.27. The standard InChI is InChI=1S/C19H26N2O/c1-4-14(5-2)18(22)21(3)13-19(10-11-19)16-12-20-17-9-7-6-8-15(16)17/h6-9,12,14,20H,4-5,10-11,13H2,1-3H3. The van der Waals surface area contributed by atoms with Crippen molar-refractivity contribution in [3.05, 3.63) is 36.0 Å². The molecule has 1 aliphatic carbocycles. The van der Waals surface area contributed by atoms with E-state index in [1.165, 1.54) is 29.3 Å². The van der Waals surface area contributed by atoms with E-state index in [1.54, 1.807) is 0 Å². The van der Waals surface area contributed by atoms with Gasteiger partial charge in [-0.05, 0) is 37.3 Å². The molecule has 1 fully saturated rings. The quantitative estimate of drug-likeness (QED) is 0.856. The first-order chi connectivity index (χ1) is 10.6. The molecule has 0 bridgehead atoms. The minimum absolute atomic E-state index is 0.163. The zero-order chi connectivity index (χ0) is 15.7. The molecule has 3 heteroatoms. The maximum absolute atomic E-state index is 12.6. The van der Waals surface area contributed by atoms with Crippen molar-refractivity contribution < 1.29 is 4.79 Å². The summed E-state index contributed by atoms with van der Waals surface area (Å²) in [6.07, 6.45) is 6.36. The predicted molar refractivity (Wildman–Crippen MR) is 90.9 cm³/mol. The van der Waals surface area contributed by atoms with Crippen molar-refractivity contribution in [2.45, 2.75) is 44.9 Å². The minimum Gasteiger partial charge on any atom is -0.361 e. The van der Waals surface area contributed by atoms with Crippen LogP contribution in [0.15, 0.2) is 30.5 Å². The van der Waals surface area contributed by atoms with Crippen molar-refractivity contribution in [2.75, 3.05) is 13.6 Å². The van der Waals surface area contributed by atoms with Gasteiger partial charge >= 0.3 is 0 Å². The van der Waals surface area contributed by atoms with Crippen molar-refractivity contribution >= 4 is 16.8 Å². The van der Waals surface area contributed by atoms with Gasteiger partial charge in [0.1, 0.15) is 0 Å². The lowest BCUT2D eigenvalue weighted by molar-refractivity contribution is -0.134. The molecule has 1 amide bonds. The molecule has 0 spiro atoms. The summed E-state index contributed by atoms with van der Waals surface area (Å²) < 4.78 is 0. The van der Waals surface area contributed by atoms with Crippen LogP contribution in [-0.4, -0.2) is 29.4 Å². The van der Waals surface area contributed by atoms with Gasteiger partial charge in [-0.25, -0.2) is 0 Å². The van der Waals surface area contributed by atoms with Gasteiger partial charge in [0, 0.05) is 42.0 Å². The summed E-state index contributed by atoms with van der Waals surface area (Å²) >= 11 is 0. The average molecular weight is 298 g/mol. The maximum Gasteiger partial charge on any atom is 0.225 e. The van der Waals surface area contributed by atoms with Crippen LogP contribution in [0.1, 0.15) is 45.1 Å². The molecule has 1 aromatic heterocycles. The Balaban J connectivity index is 1.81. The maximum atomic E-state index is 12.6. The first kappa shape index (κ1) is 15.1. The van der Waals surface area contributed by atoms with Gasteiger partial charge in [0.15, 0.2) is 0 Å². The van der Waals surface area contributed by atoms with Gasteiger partial charge in [0.2, 0.25) is 5.91 Å². The molecule has 1 aromatic carbocycles. The van der Waals surface area contributed by atoms with Crippen LogP contribution >= 0.6 is 0 Å². The molecule has 1 heterocycles. The number of nitrogens with one attached hydrogen (secondary N) is 1. The molecule has 1 saturated carbocycles. The summed E-state index contributed by atoms with van der Waals surface area (Å²) in [5.74, 6) is 0.472. The molecule has 118 valence electrons. The molecule has 0 radical (unpaired) electrons. The summed E-state index contributed by atoms with van der Waals surface area (Å²) in [6, 6.07) is 8.46. The minimum atomic E-state index is 0.163. The average Bonchev–Trinajstić information content (AvgIpc) is 3.17. The van der Waals surface area contributed by atoms with E-state index in [1.807, 2.05) is 11.9 Å². The van der Waals surface area contributed by atoms with Crippen LogP contribution in [0.2, 0.25) is 0 Å². The van der Waals surface area contributed by atoms with Crippen LogP contribution in [0.5, 0.6) is 0 Å². The second kappa shape index (κ2) is 5.79. The summed E-state index contributed by atoms with van der Waals surface area (Å²) in [5, 5.41) is 1.31. The van der Waals surface area contributed by atoms with Gasteiger partial charge in [-0.2, -0.15) is 0 Å². The van der Waals surface area contributed by atoms with Crippen molar-refractivity contribution in [1.29, 1.82) is 0 Å². The number of hydrogen-bond donors (Lipinski definition) is 1. The third-order valence-electron chi connectivity index (χ3n) is 5.27. The highest BCUT2D eigenvalue weighted by Crippen LogP contribution is 2.50. The molecule has 1 N–H and O–H groups in total. The highest BCUT2D eigenvalue weighted by Gasteiger charge is 2.47. The third kappa shape index (κ3) is 2.53. The molecule has 0 saturated heterocycles. The fourth-order valence-electron chi connectivity index (χ4n) is 3.66. The Hall–Kier alpha value is -1.77. The van der Waals surface area contributed by atoms with Crippen molar-refractivity contribution in [2.24, 2.45) is 5.92 Å². The Morgan fingerprint density at radius 3 is 2.59 bits per heavy atom. The first-order valence-corrected chi connectivity index (χ1v) is 8.43. The smallest absolute Gasteiger partial charge is 0.225 e. The van der Waals surface area contributed by atoms with E-state index >= 15 is 0 Å². The highest BCUT2D eigenvalue weighted by molar-refractivity contribution is 5.85. The lowest BCUT2D eigenvalue weighted by Crippen LogP contribution is -2.38. The monoisotopic (exact) mass is 298 g/mol. The molecular formula is C19H26N2O. The number of amides is 1. The number of fused-ring (bicyclic) bond motifs is 1. The molecule has 3 nitrogen and oxygen atoms in total. The molecular weight excluding hydrogens is 272 g/mol. The number of hydrogen-bond acceptors (Lipinski definition) is 1. The number of nitrogens with zero attached hydrogens (tertiary/aromatic N) is 1. The second-order valence-electron chi connectivity index (χ2n) is 6.74. The van der Waals surface area contributed by atoms with E-state index in [-0.39, 0.29) is 11.3 Å². The number of aromatic nitrogens is 1. The van der Waals surface area contributed by atoms with Gasteiger partial charge in [0.05, 0.1) is 0 Å². The number of benzene rings is 1. The predicted octanol–water partition coefficient (Wildman–Crippen LogP) is 4.09. The van der Waals surface area contributed by atoms with Crippen molar-refractivity contribution in [3.8, 4) is 0 Å². The van der Waals surface area contributed by atoms with Gasteiger partial charge < -0.3 is 9.88 Å². The van der Waals surface area contributed by atoms with Crippen LogP contribution in [0, 0.1) is 5.92 Å². The number of H-pyrrole nitrogens is 1. The van der Waals surface area contributed by atoms with Crippen molar-refractivity contribution in [3.63, 3.8) is 0 Å². The van der Waals surface area contributed by atoms with Crippen LogP contribution in [0.4, 0.5) is 0 Å².